The van der Waals surface area contributed by atoms with Crippen molar-refractivity contribution in [2.45, 2.75) is 76.4 Å². The van der Waals surface area contributed by atoms with Crippen molar-refractivity contribution >= 4 is 7.69 Å². The van der Waals surface area contributed by atoms with Gasteiger partial charge in [0.1, 0.15) is 0 Å². The fourth-order valence-corrected chi connectivity index (χ4v) is 4.00. The lowest BCUT2D eigenvalue weighted by molar-refractivity contribution is 0.0324. The van der Waals surface area contributed by atoms with Gasteiger partial charge in [-0.05, 0) is 37.5 Å². The Kier molecular flexibility index (Phi) is 4.07. The molecule has 1 saturated heterocycles. The van der Waals surface area contributed by atoms with Gasteiger partial charge < -0.3 is 9.31 Å². The van der Waals surface area contributed by atoms with Gasteiger partial charge in [-0.15, -0.1) is 0 Å². The molecule has 2 saturated carbocycles. The molecular weight excluding hydrogens is 211 g/mol. The number of hydrogen-bond acceptors (Lipinski definition) is 2. The molecule has 3 heteroatoms. The predicted octanol–water partition coefficient (Wildman–Crippen LogP) is 3.47. The highest BCUT2D eigenvalue weighted by Gasteiger charge is 2.41. The Labute approximate surface area is 106 Å². The average molecular weight is 235 g/mol. The standard InChI is InChI=1S/C14H24BO2/c1-3-7-11(8-4-1)13-14(17-15-16-13)12-9-5-2-6-10-12/h11-14H,1-10H2/t13-,14-/m0/s1. The zero-order valence-corrected chi connectivity index (χ0v) is 10.8. The Balaban J connectivity index is 1.61. The Hall–Kier alpha value is -0.0151. The van der Waals surface area contributed by atoms with Crippen LogP contribution in [0.1, 0.15) is 64.2 Å². The highest BCUT2D eigenvalue weighted by molar-refractivity contribution is 6.19. The zero-order chi connectivity index (χ0) is 11.5. The summed E-state index contributed by atoms with van der Waals surface area (Å²) in [7, 11) is 1.64. The molecule has 1 heterocycles. The van der Waals surface area contributed by atoms with Gasteiger partial charge in [-0.25, -0.2) is 0 Å². The summed E-state index contributed by atoms with van der Waals surface area (Å²) in [6.45, 7) is 0. The van der Waals surface area contributed by atoms with E-state index in [1.54, 1.807) is 7.69 Å². The maximum absolute atomic E-state index is 5.81. The van der Waals surface area contributed by atoms with Crippen molar-refractivity contribution < 1.29 is 9.31 Å². The van der Waals surface area contributed by atoms with E-state index < -0.39 is 0 Å². The Bertz CT molecular complexity index is 210. The predicted molar refractivity (Wildman–Crippen MR) is 68.7 cm³/mol. The Morgan fingerprint density at radius 3 is 1.41 bits per heavy atom. The summed E-state index contributed by atoms with van der Waals surface area (Å²) in [5.41, 5.74) is 0. The highest BCUT2D eigenvalue weighted by Crippen LogP contribution is 2.38. The molecule has 2 nitrogen and oxygen atoms in total. The minimum absolute atomic E-state index is 0.374. The second kappa shape index (κ2) is 5.75. The van der Waals surface area contributed by atoms with Gasteiger partial charge in [0.05, 0.1) is 12.2 Å². The maximum Gasteiger partial charge on any atom is 0.488 e. The van der Waals surface area contributed by atoms with Crippen LogP contribution < -0.4 is 0 Å². The molecule has 0 amide bonds. The molecule has 1 aliphatic heterocycles. The van der Waals surface area contributed by atoms with E-state index in [-0.39, 0.29) is 0 Å². The van der Waals surface area contributed by atoms with Crippen LogP contribution in [0.25, 0.3) is 0 Å². The molecule has 0 N–H and O–H groups in total. The van der Waals surface area contributed by atoms with Crippen molar-refractivity contribution in [2.24, 2.45) is 11.8 Å². The highest BCUT2D eigenvalue weighted by atomic mass is 16.6. The topological polar surface area (TPSA) is 18.5 Å². The minimum Gasteiger partial charge on any atom is -0.407 e. The molecule has 0 bridgehead atoms. The number of rotatable bonds is 2. The van der Waals surface area contributed by atoms with Gasteiger partial charge in [0.2, 0.25) is 0 Å². The molecule has 3 fully saturated rings. The third kappa shape index (κ3) is 2.71. The van der Waals surface area contributed by atoms with Crippen molar-refractivity contribution in [1.29, 1.82) is 0 Å². The summed E-state index contributed by atoms with van der Waals surface area (Å²) >= 11 is 0. The lowest BCUT2D eigenvalue weighted by Crippen LogP contribution is -2.38. The molecule has 1 radical (unpaired) electrons. The van der Waals surface area contributed by atoms with Crippen LogP contribution in [-0.4, -0.2) is 19.9 Å². The van der Waals surface area contributed by atoms with Crippen LogP contribution in [0.2, 0.25) is 0 Å². The molecule has 2 atom stereocenters. The van der Waals surface area contributed by atoms with Crippen LogP contribution in [0.15, 0.2) is 0 Å². The van der Waals surface area contributed by atoms with Crippen LogP contribution in [0.3, 0.4) is 0 Å². The van der Waals surface area contributed by atoms with E-state index in [2.05, 4.69) is 0 Å². The van der Waals surface area contributed by atoms with Gasteiger partial charge in [0, 0.05) is 0 Å². The maximum atomic E-state index is 5.81. The molecule has 0 spiro atoms. The van der Waals surface area contributed by atoms with Crippen LogP contribution in [0.5, 0.6) is 0 Å². The SMILES string of the molecule is [B]1O[C@@H](C2CCCCC2)[C@H](C2CCCCC2)O1. The van der Waals surface area contributed by atoms with Crippen molar-refractivity contribution in [1.82, 2.24) is 0 Å². The first-order valence-electron chi connectivity index (χ1n) is 7.58. The molecule has 0 aromatic heterocycles. The van der Waals surface area contributed by atoms with E-state index >= 15 is 0 Å². The van der Waals surface area contributed by atoms with Gasteiger partial charge >= 0.3 is 7.69 Å². The largest absolute Gasteiger partial charge is 0.488 e. The Morgan fingerprint density at radius 1 is 0.588 bits per heavy atom. The molecule has 3 rings (SSSR count). The molecule has 17 heavy (non-hydrogen) atoms. The molecular formula is C14H24BO2. The summed E-state index contributed by atoms with van der Waals surface area (Å²) in [5, 5.41) is 0. The molecule has 0 aromatic rings. The smallest absolute Gasteiger partial charge is 0.407 e. The van der Waals surface area contributed by atoms with Crippen molar-refractivity contribution in [3.63, 3.8) is 0 Å². The lowest BCUT2D eigenvalue weighted by Gasteiger charge is -2.35. The first-order valence-corrected chi connectivity index (χ1v) is 7.58. The summed E-state index contributed by atoms with van der Waals surface area (Å²) < 4.78 is 11.6. The van der Waals surface area contributed by atoms with Gasteiger partial charge in [0.25, 0.3) is 0 Å². The number of hydrogen-bond donors (Lipinski definition) is 0. The van der Waals surface area contributed by atoms with Gasteiger partial charge in [0.15, 0.2) is 0 Å². The summed E-state index contributed by atoms with van der Waals surface area (Å²) in [5.74, 6) is 1.52. The van der Waals surface area contributed by atoms with Crippen molar-refractivity contribution in [3.8, 4) is 0 Å². The molecule has 95 valence electrons. The summed E-state index contributed by atoms with van der Waals surface area (Å²) in [6, 6.07) is 0. The third-order valence-corrected chi connectivity index (χ3v) is 4.98. The van der Waals surface area contributed by atoms with Gasteiger partial charge in [-0.2, -0.15) is 0 Å². The van der Waals surface area contributed by atoms with Crippen LogP contribution in [0.4, 0.5) is 0 Å². The van der Waals surface area contributed by atoms with E-state index in [9.17, 15) is 0 Å². The third-order valence-electron chi connectivity index (χ3n) is 4.98. The Morgan fingerprint density at radius 2 is 1.00 bits per heavy atom. The van der Waals surface area contributed by atoms with E-state index in [1.807, 2.05) is 0 Å². The monoisotopic (exact) mass is 235 g/mol. The van der Waals surface area contributed by atoms with Crippen LogP contribution >= 0.6 is 0 Å². The summed E-state index contributed by atoms with van der Waals surface area (Å²) in [4.78, 5) is 0. The molecule has 3 aliphatic rings. The first-order chi connectivity index (χ1) is 8.45. The van der Waals surface area contributed by atoms with E-state index in [0.29, 0.717) is 12.2 Å². The van der Waals surface area contributed by atoms with Crippen LogP contribution in [0, 0.1) is 11.8 Å². The quantitative estimate of drug-likeness (QED) is 0.682. The van der Waals surface area contributed by atoms with Gasteiger partial charge in [-0.3, -0.25) is 0 Å². The molecule has 2 aliphatic carbocycles. The molecule has 0 aromatic carbocycles. The van der Waals surface area contributed by atoms with Crippen molar-refractivity contribution in [3.05, 3.63) is 0 Å². The normalized spacial score (nSPS) is 36.9. The second-order valence-corrected chi connectivity index (χ2v) is 6.09. The fraction of sp³-hybridized carbons (Fsp3) is 1.00. The van der Waals surface area contributed by atoms with E-state index in [4.69, 9.17) is 9.31 Å². The zero-order valence-electron chi connectivity index (χ0n) is 10.8. The first kappa shape index (κ1) is 12.0. The summed E-state index contributed by atoms with van der Waals surface area (Å²) in [6.07, 6.45) is 14.6. The van der Waals surface area contributed by atoms with E-state index in [1.165, 1.54) is 64.2 Å². The second-order valence-electron chi connectivity index (χ2n) is 6.09. The average Bonchev–Trinajstić information content (AvgIpc) is 2.90. The fourth-order valence-electron chi connectivity index (χ4n) is 4.00. The molecule has 0 unspecified atom stereocenters. The van der Waals surface area contributed by atoms with Crippen LogP contribution in [-0.2, 0) is 9.31 Å². The minimum atomic E-state index is 0.374. The lowest BCUT2D eigenvalue weighted by atomic mass is 9.77. The van der Waals surface area contributed by atoms with E-state index in [0.717, 1.165) is 11.8 Å². The van der Waals surface area contributed by atoms with Gasteiger partial charge in [-0.1, -0.05) is 38.5 Å². The van der Waals surface area contributed by atoms with Crippen molar-refractivity contribution in [2.75, 3.05) is 0 Å².